The molecule has 0 saturated carbocycles. The van der Waals surface area contributed by atoms with E-state index in [1.165, 1.54) is 0 Å². The van der Waals surface area contributed by atoms with Crippen LogP contribution in [0, 0.1) is 0 Å². The average Bonchev–Trinajstić information content (AvgIpc) is 2.36. The Balaban J connectivity index is 2.95. The number of nitrogen functional groups attached to an aromatic ring is 1. The molecule has 0 aliphatic rings. The first-order chi connectivity index (χ1) is 8.59. The summed E-state index contributed by atoms with van der Waals surface area (Å²) in [7, 11) is 0. The summed E-state index contributed by atoms with van der Waals surface area (Å²) in [5.41, 5.74) is 6.35. The summed E-state index contributed by atoms with van der Waals surface area (Å²) in [6.07, 6.45) is 0.596. The zero-order chi connectivity index (χ0) is 13.6. The number of anilines is 2. The number of rotatable bonds is 7. The minimum absolute atomic E-state index is 0.154. The van der Waals surface area contributed by atoms with Gasteiger partial charge in [0.25, 0.3) is 0 Å². The molecule has 18 heavy (non-hydrogen) atoms. The van der Waals surface area contributed by atoms with Gasteiger partial charge >= 0.3 is 0 Å². The van der Waals surface area contributed by atoms with Gasteiger partial charge in [-0.1, -0.05) is 6.92 Å². The quantitative estimate of drug-likeness (QED) is 0.549. The first-order valence-electron chi connectivity index (χ1n) is 6.12. The van der Waals surface area contributed by atoms with E-state index in [0.29, 0.717) is 24.5 Å². The molecular weight excluding hydrogens is 232 g/mol. The maximum absolute atomic E-state index is 9.39. The molecule has 0 amide bonds. The van der Waals surface area contributed by atoms with Gasteiger partial charge in [0.05, 0.1) is 25.4 Å². The summed E-state index contributed by atoms with van der Waals surface area (Å²) in [6.45, 7) is 4.04. The third kappa shape index (κ3) is 3.51. The van der Waals surface area contributed by atoms with Crippen LogP contribution in [0.1, 0.15) is 20.3 Å². The van der Waals surface area contributed by atoms with Crippen molar-refractivity contribution >= 4 is 11.4 Å². The highest BCUT2D eigenvalue weighted by Crippen LogP contribution is 2.26. The second kappa shape index (κ2) is 6.47. The van der Waals surface area contributed by atoms with Crippen molar-refractivity contribution in [3.05, 3.63) is 18.2 Å². The van der Waals surface area contributed by atoms with E-state index in [0.717, 1.165) is 5.69 Å². The lowest BCUT2D eigenvalue weighted by Gasteiger charge is -2.31. The monoisotopic (exact) mass is 254 g/mol. The molecule has 0 aliphatic heterocycles. The number of nitrogens with one attached hydrogen (secondary N) is 1. The molecule has 5 N–H and O–H groups in total. The fourth-order valence-corrected chi connectivity index (χ4v) is 1.69. The molecule has 102 valence electrons. The molecule has 0 saturated heterocycles. The van der Waals surface area contributed by atoms with E-state index in [1.54, 1.807) is 18.2 Å². The largest absolute Gasteiger partial charge is 0.494 e. The second-order valence-corrected chi connectivity index (χ2v) is 4.30. The van der Waals surface area contributed by atoms with Crippen LogP contribution in [0.4, 0.5) is 11.4 Å². The van der Waals surface area contributed by atoms with Crippen LogP contribution in [0.2, 0.25) is 0 Å². The number of ether oxygens (including phenoxy) is 1. The zero-order valence-electron chi connectivity index (χ0n) is 10.9. The third-order valence-electron chi connectivity index (χ3n) is 2.93. The van der Waals surface area contributed by atoms with E-state index in [-0.39, 0.29) is 13.2 Å². The van der Waals surface area contributed by atoms with Gasteiger partial charge in [-0.3, -0.25) is 0 Å². The van der Waals surface area contributed by atoms with Crippen molar-refractivity contribution in [1.82, 2.24) is 0 Å². The van der Waals surface area contributed by atoms with Gasteiger partial charge in [0.15, 0.2) is 0 Å². The first-order valence-corrected chi connectivity index (χ1v) is 6.12. The van der Waals surface area contributed by atoms with Crippen LogP contribution in [0.3, 0.4) is 0 Å². The Kier molecular flexibility index (Phi) is 5.25. The smallest absolute Gasteiger partial charge is 0.123 e. The van der Waals surface area contributed by atoms with E-state index in [9.17, 15) is 10.2 Å². The molecule has 5 heteroatoms. The Morgan fingerprint density at radius 1 is 1.22 bits per heavy atom. The molecule has 0 fully saturated rings. The Labute approximate surface area is 108 Å². The lowest BCUT2D eigenvalue weighted by atomic mass is 9.98. The fourth-order valence-electron chi connectivity index (χ4n) is 1.69. The number of benzene rings is 1. The number of nitrogens with two attached hydrogens (primary N) is 1. The molecule has 1 aromatic carbocycles. The summed E-state index contributed by atoms with van der Waals surface area (Å²) >= 11 is 0. The van der Waals surface area contributed by atoms with Crippen LogP contribution in [0.15, 0.2) is 18.2 Å². The number of hydrogen-bond donors (Lipinski definition) is 4. The molecule has 1 rings (SSSR count). The van der Waals surface area contributed by atoms with Crippen molar-refractivity contribution in [1.29, 1.82) is 0 Å². The van der Waals surface area contributed by atoms with Crippen LogP contribution in [0.5, 0.6) is 5.75 Å². The van der Waals surface area contributed by atoms with Crippen molar-refractivity contribution < 1.29 is 14.9 Å². The number of hydrogen-bond acceptors (Lipinski definition) is 5. The predicted octanol–water partition coefficient (Wildman–Crippen LogP) is 1.21. The van der Waals surface area contributed by atoms with Crippen molar-refractivity contribution in [3.8, 4) is 5.75 Å². The van der Waals surface area contributed by atoms with Gasteiger partial charge in [0.1, 0.15) is 5.75 Å². The highest BCUT2D eigenvalue weighted by atomic mass is 16.5. The van der Waals surface area contributed by atoms with Gasteiger partial charge in [-0.2, -0.15) is 0 Å². The van der Waals surface area contributed by atoms with Crippen LogP contribution >= 0.6 is 0 Å². The van der Waals surface area contributed by atoms with E-state index in [4.69, 9.17) is 10.5 Å². The lowest BCUT2D eigenvalue weighted by molar-refractivity contribution is 0.132. The molecule has 0 atom stereocenters. The highest BCUT2D eigenvalue weighted by molar-refractivity contribution is 5.60. The SMILES string of the molecule is CCOc1cc(N)cc(NC(CC)(CO)CO)c1. The molecule has 0 bridgehead atoms. The van der Waals surface area contributed by atoms with E-state index < -0.39 is 5.54 Å². The van der Waals surface area contributed by atoms with E-state index >= 15 is 0 Å². The topological polar surface area (TPSA) is 87.7 Å². The van der Waals surface area contributed by atoms with Gasteiger partial charge in [-0.05, 0) is 19.4 Å². The highest BCUT2D eigenvalue weighted by Gasteiger charge is 2.26. The number of aliphatic hydroxyl groups excluding tert-OH is 2. The Morgan fingerprint density at radius 2 is 1.89 bits per heavy atom. The number of aliphatic hydroxyl groups is 2. The molecular formula is C13H22N2O3. The maximum Gasteiger partial charge on any atom is 0.123 e. The van der Waals surface area contributed by atoms with Gasteiger partial charge < -0.3 is 26.0 Å². The second-order valence-electron chi connectivity index (χ2n) is 4.30. The summed E-state index contributed by atoms with van der Waals surface area (Å²) in [6, 6.07) is 5.29. The lowest BCUT2D eigenvalue weighted by Crippen LogP contribution is -2.45. The standard InChI is InChI=1S/C13H22N2O3/c1-3-13(8-16,9-17)15-11-5-10(14)6-12(7-11)18-4-2/h5-7,15-17H,3-4,8-9,14H2,1-2H3. The van der Waals surface area contributed by atoms with Crippen molar-refractivity contribution in [2.24, 2.45) is 0 Å². The summed E-state index contributed by atoms with van der Waals surface area (Å²) in [5.74, 6) is 0.667. The van der Waals surface area contributed by atoms with Crippen LogP contribution < -0.4 is 15.8 Å². The zero-order valence-corrected chi connectivity index (χ0v) is 10.9. The van der Waals surface area contributed by atoms with Crippen LogP contribution in [-0.4, -0.2) is 35.6 Å². The van der Waals surface area contributed by atoms with Crippen molar-refractivity contribution in [3.63, 3.8) is 0 Å². The summed E-state index contributed by atoms with van der Waals surface area (Å²) in [5, 5.41) is 21.9. The van der Waals surface area contributed by atoms with Gasteiger partial charge in [0.2, 0.25) is 0 Å². The van der Waals surface area contributed by atoms with Crippen molar-refractivity contribution in [2.45, 2.75) is 25.8 Å². The third-order valence-corrected chi connectivity index (χ3v) is 2.93. The first kappa shape index (κ1) is 14.6. The van der Waals surface area contributed by atoms with Crippen LogP contribution in [0.25, 0.3) is 0 Å². The van der Waals surface area contributed by atoms with E-state index in [2.05, 4.69) is 5.32 Å². The summed E-state index contributed by atoms with van der Waals surface area (Å²) < 4.78 is 5.40. The molecule has 0 unspecified atom stereocenters. The molecule has 0 aromatic heterocycles. The molecule has 0 radical (unpaired) electrons. The normalized spacial score (nSPS) is 11.3. The minimum Gasteiger partial charge on any atom is -0.494 e. The van der Waals surface area contributed by atoms with Gasteiger partial charge in [-0.15, -0.1) is 0 Å². The molecule has 0 aliphatic carbocycles. The Morgan fingerprint density at radius 3 is 2.39 bits per heavy atom. The summed E-state index contributed by atoms with van der Waals surface area (Å²) in [4.78, 5) is 0. The van der Waals surface area contributed by atoms with Gasteiger partial charge in [0, 0.05) is 23.5 Å². The molecule has 5 nitrogen and oxygen atoms in total. The van der Waals surface area contributed by atoms with Crippen LogP contribution in [-0.2, 0) is 0 Å². The van der Waals surface area contributed by atoms with Crippen molar-refractivity contribution in [2.75, 3.05) is 30.9 Å². The average molecular weight is 254 g/mol. The Bertz CT molecular complexity index is 370. The Hall–Kier alpha value is -1.46. The van der Waals surface area contributed by atoms with Gasteiger partial charge in [-0.25, -0.2) is 0 Å². The minimum atomic E-state index is -0.739. The molecule has 1 aromatic rings. The van der Waals surface area contributed by atoms with E-state index in [1.807, 2.05) is 13.8 Å². The fraction of sp³-hybridized carbons (Fsp3) is 0.538. The molecule has 0 heterocycles. The maximum atomic E-state index is 9.39. The molecule has 0 spiro atoms. The predicted molar refractivity (Wildman–Crippen MR) is 72.8 cm³/mol.